The van der Waals surface area contributed by atoms with Gasteiger partial charge in [-0.1, -0.05) is 6.42 Å². The Kier molecular flexibility index (Phi) is 5.44. The summed E-state index contributed by atoms with van der Waals surface area (Å²) in [4.78, 5) is 12.8. The summed E-state index contributed by atoms with van der Waals surface area (Å²) in [5, 5.41) is 11.7. The fourth-order valence-electron chi connectivity index (χ4n) is 4.85. The van der Waals surface area contributed by atoms with Crippen molar-refractivity contribution in [1.29, 1.82) is 0 Å². The van der Waals surface area contributed by atoms with Crippen LogP contribution < -0.4 is 9.62 Å². The van der Waals surface area contributed by atoms with E-state index in [2.05, 4.69) is 20.1 Å². The van der Waals surface area contributed by atoms with E-state index in [1.165, 1.54) is 17.0 Å². The Morgan fingerprint density at radius 2 is 1.85 bits per heavy atom. The van der Waals surface area contributed by atoms with E-state index in [1.54, 1.807) is 18.2 Å². The predicted octanol–water partition coefficient (Wildman–Crippen LogP) is 3.63. The monoisotopic (exact) mass is 465 g/mol. The molecule has 1 N–H and O–H groups in total. The third-order valence-electron chi connectivity index (χ3n) is 6.36. The van der Waals surface area contributed by atoms with Gasteiger partial charge in [-0.2, -0.15) is 0 Å². The Balaban J connectivity index is 1.32. The van der Waals surface area contributed by atoms with Crippen LogP contribution in [0.1, 0.15) is 47.9 Å². The standard InChI is InChI=1S/C24H27N5O3S/c1-16-14-19-15-18(9-12-21(19)29(16)33(2,31)32)24(30)25-20-10-7-17(8-11-20)23-27-26-22-6-4-3-5-13-28(22)23/h7-12,15-16H,3-6,13-14H2,1-2H3,(H,25,30)/t16-/m0/s1. The maximum absolute atomic E-state index is 12.8. The van der Waals surface area contributed by atoms with E-state index in [4.69, 9.17) is 0 Å². The molecule has 33 heavy (non-hydrogen) atoms. The first-order valence-corrected chi connectivity index (χ1v) is 13.1. The molecule has 0 saturated heterocycles. The zero-order chi connectivity index (χ0) is 23.2. The quantitative estimate of drug-likeness (QED) is 0.635. The fourth-order valence-corrected chi connectivity index (χ4v) is 6.12. The second kappa shape index (κ2) is 8.30. The molecule has 0 unspecified atom stereocenters. The number of aromatic nitrogens is 3. The Labute approximate surface area is 193 Å². The third-order valence-corrected chi connectivity index (χ3v) is 7.63. The molecule has 1 atom stereocenters. The van der Waals surface area contributed by atoms with Crippen molar-refractivity contribution in [2.75, 3.05) is 15.9 Å². The van der Waals surface area contributed by atoms with E-state index in [0.29, 0.717) is 23.4 Å². The third kappa shape index (κ3) is 4.13. The molecule has 0 radical (unpaired) electrons. The SMILES string of the molecule is C[C@H]1Cc2cc(C(=O)Nc3ccc(-c4nnc5n4CCCCC5)cc3)ccc2N1S(C)(=O)=O. The van der Waals surface area contributed by atoms with Crippen molar-refractivity contribution < 1.29 is 13.2 Å². The molecule has 2 aliphatic rings. The van der Waals surface area contributed by atoms with Crippen LogP contribution in [0.25, 0.3) is 11.4 Å². The molecule has 3 heterocycles. The van der Waals surface area contributed by atoms with Crippen molar-refractivity contribution in [1.82, 2.24) is 14.8 Å². The zero-order valence-corrected chi connectivity index (χ0v) is 19.6. The first-order valence-electron chi connectivity index (χ1n) is 11.3. The first-order chi connectivity index (χ1) is 15.8. The highest BCUT2D eigenvalue weighted by Crippen LogP contribution is 2.35. The zero-order valence-electron chi connectivity index (χ0n) is 18.8. The van der Waals surface area contributed by atoms with Gasteiger partial charge in [0.25, 0.3) is 5.91 Å². The van der Waals surface area contributed by atoms with Crippen molar-refractivity contribution >= 4 is 27.3 Å². The minimum absolute atomic E-state index is 0.159. The molecule has 1 amide bonds. The highest BCUT2D eigenvalue weighted by molar-refractivity contribution is 7.92. The van der Waals surface area contributed by atoms with Crippen LogP contribution in [0.5, 0.6) is 0 Å². The largest absolute Gasteiger partial charge is 0.322 e. The lowest BCUT2D eigenvalue weighted by atomic mass is 10.1. The molecule has 3 aromatic rings. The molecule has 2 aliphatic heterocycles. The number of carbonyl (C=O) groups is 1. The van der Waals surface area contributed by atoms with Crippen molar-refractivity contribution in [3.05, 3.63) is 59.4 Å². The Morgan fingerprint density at radius 1 is 1.06 bits per heavy atom. The number of benzene rings is 2. The average Bonchev–Trinajstić information content (AvgIpc) is 3.24. The van der Waals surface area contributed by atoms with Gasteiger partial charge in [0.05, 0.1) is 11.9 Å². The fraction of sp³-hybridized carbons (Fsp3) is 0.375. The lowest BCUT2D eigenvalue weighted by molar-refractivity contribution is 0.102. The molecule has 9 heteroatoms. The molecule has 0 aliphatic carbocycles. The summed E-state index contributed by atoms with van der Waals surface area (Å²) >= 11 is 0. The minimum atomic E-state index is -3.36. The number of hydrogen-bond acceptors (Lipinski definition) is 5. The van der Waals surface area contributed by atoms with Gasteiger partial charge in [-0.05, 0) is 74.2 Å². The normalized spacial score (nSPS) is 17.9. The first kappa shape index (κ1) is 21.6. The molecule has 0 bridgehead atoms. The number of rotatable bonds is 4. The molecule has 5 rings (SSSR count). The molecule has 172 valence electrons. The highest BCUT2D eigenvalue weighted by Gasteiger charge is 2.32. The van der Waals surface area contributed by atoms with Gasteiger partial charge < -0.3 is 9.88 Å². The molecule has 2 aromatic carbocycles. The molecular weight excluding hydrogens is 438 g/mol. The van der Waals surface area contributed by atoms with Gasteiger partial charge in [0.1, 0.15) is 5.82 Å². The summed E-state index contributed by atoms with van der Waals surface area (Å²) in [6, 6.07) is 12.6. The van der Waals surface area contributed by atoms with Crippen molar-refractivity contribution in [3.8, 4) is 11.4 Å². The lowest BCUT2D eigenvalue weighted by Crippen LogP contribution is -2.34. The van der Waals surface area contributed by atoms with Crippen molar-refractivity contribution in [2.45, 2.75) is 51.6 Å². The Bertz CT molecular complexity index is 1310. The topological polar surface area (TPSA) is 97.2 Å². The number of aryl methyl sites for hydroxylation is 1. The van der Waals surface area contributed by atoms with E-state index in [-0.39, 0.29) is 11.9 Å². The molecule has 1 aromatic heterocycles. The number of sulfonamides is 1. The van der Waals surface area contributed by atoms with Crippen LogP contribution in [-0.4, -0.2) is 41.4 Å². The molecule has 0 saturated carbocycles. The van der Waals surface area contributed by atoms with Gasteiger partial charge >= 0.3 is 0 Å². The van der Waals surface area contributed by atoms with Crippen LogP contribution in [0.3, 0.4) is 0 Å². The maximum atomic E-state index is 12.8. The Hall–Kier alpha value is -3.20. The van der Waals surface area contributed by atoms with Crippen molar-refractivity contribution in [2.24, 2.45) is 0 Å². The van der Waals surface area contributed by atoms with Crippen LogP contribution in [0, 0.1) is 0 Å². The van der Waals surface area contributed by atoms with Crippen LogP contribution in [0.4, 0.5) is 11.4 Å². The van der Waals surface area contributed by atoms with E-state index >= 15 is 0 Å². The molecular formula is C24H27N5O3S. The summed E-state index contributed by atoms with van der Waals surface area (Å²) in [5.74, 6) is 1.68. The van der Waals surface area contributed by atoms with Gasteiger partial charge in [0.15, 0.2) is 5.82 Å². The number of carbonyl (C=O) groups excluding carboxylic acids is 1. The van der Waals surface area contributed by atoms with Crippen molar-refractivity contribution in [3.63, 3.8) is 0 Å². The second-order valence-corrected chi connectivity index (χ2v) is 10.7. The highest BCUT2D eigenvalue weighted by atomic mass is 32.2. The van der Waals surface area contributed by atoms with Crippen LogP contribution >= 0.6 is 0 Å². The maximum Gasteiger partial charge on any atom is 0.255 e. The van der Waals surface area contributed by atoms with Crippen LogP contribution in [-0.2, 0) is 29.4 Å². The average molecular weight is 466 g/mol. The number of anilines is 2. The summed E-state index contributed by atoms with van der Waals surface area (Å²) in [5.41, 5.74) is 3.68. The van der Waals surface area contributed by atoms with E-state index in [9.17, 15) is 13.2 Å². The summed E-state index contributed by atoms with van der Waals surface area (Å²) < 4.78 is 27.8. The smallest absolute Gasteiger partial charge is 0.255 e. The number of amides is 1. The molecule has 0 spiro atoms. The minimum Gasteiger partial charge on any atom is -0.322 e. The van der Waals surface area contributed by atoms with Gasteiger partial charge in [0, 0.05) is 35.8 Å². The van der Waals surface area contributed by atoms with Crippen LogP contribution in [0.2, 0.25) is 0 Å². The van der Waals surface area contributed by atoms with E-state index in [0.717, 1.165) is 48.6 Å². The van der Waals surface area contributed by atoms with Gasteiger partial charge in [-0.25, -0.2) is 8.42 Å². The molecule has 8 nitrogen and oxygen atoms in total. The van der Waals surface area contributed by atoms with E-state index in [1.807, 2.05) is 31.2 Å². The number of nitrogens with one attached hydrogen (secondary N) is 1. The predicted molar refractivity (Wildman–Crippen MR) is 128 cm³/mol. The number of fused-ring (bicyclic) bond motifs is 2. The number of nitrogens with zero attached hydrogens (tertiary/aromatic N) is 4. The van der Waals surface area contributed by atoms with Gasteiger partial charge in [-0.3, -0.25) is 9.10 Å². The van der Waals surface area contributed by atoms with Gasteiger partial charge in [0.2, 0.25) is 10.0 Å². The number of hydrogen-bond donors (Lipinski definition) is 1. The van der Waals surface area contributed by atoms with Crippen LogP contribution in [0.15, 0.2) is 42.5 Å². The van der Waals surface area contributed by atoms with Gasteiger partial charge in [-0.15, -0.1) is 10.2 Å². The second-order valence-electron chi connectivity index (χ2n) is 8.89. The van der Waals surface area contributed by atoms with E-state index < -0.39 is 10.0 Å². The Morgan fingerprint density at radius 3 is 2.61 bits per heavy atom. The summed E-state index contributed by atoms with van der Waals surface area (Å²) in [6.45, 7) is 2.81. The summed E-state index contributed by atoms with van der Waals surface area (Å²) in [6.07, 6.45) is 6.25. The molecule has 0 fully saturated rings. The summed E-state index contributed by atoms with van der Waals surface area (Å²) in [7, 11) is -3.36. The lowest BCUT2D eigenvalue weighted by Gasteiger charge is -2.21.